The molecule has 2 saturated heterocycles. The number of sulfone groups is 1. The quantitative estimate of drug-likeness (QED) is 0.886. The molecule has 2 unspecified atom stereocenters. The Bertz CT molecular complexity index is 763. The molecule has 1 aromatic rings. The van der Waals surface area contributed by atoms with Crippen LogP contribution in [0.15, 0.2) is 12.3 Å². The Hall–Kier alpha value is -1.83. The van der Waals surface area contributed by atoms with Crippen LogP contribution in [0.1, 0.15) is 38.7 Å². The summed E-state index contributed by atoms with van der Waals surface area (Å²) >= 11 is 0. The number of rotatable bonds is 3. The van der Waals surface area contributed by atoms with Gasteiger partial charge >= 0.3 is 6.03 Å². The summed E-state index contributed by atoms with van der Waals surface area (Å²) in [6.07, 6.45) is 3.49. The van der Waals surface area contributed by atoms with Gasteiger partial charge in [-0.2, -0.15) is 0 Å². The van der Waals surface area contributed by atoms with E-state index >= 15 is 0 Å². The molecule has 0 aliphatic carbocycles. The number of nitrogens with zero attached hydrogens (tertiary/aromatic N) is 2. The maximum atomic E-state index is 12.7. The van der Waals surface area contributed by atoms with Crippen LogP contribution in [0.25, 0.3) is 0 Å². The second kappa shape index (κ2) is 6.82. The number of hydrogen-bond acceptors (Lipinski definition) is 5. The van der Waals surface area contributed by atoms with E-state index in [1.165, 1.54) is 0 Å². The zero-order valence-corrected chi connectivity index (χ0v) is 15.7. The van der Waals surface area contributed by atoms with Crippen molar-refractivity contribution in [1.29, 1.82) is 0 Å². The van der Waals surface area contributed by atoms with Crippen molar-refractivity contribution in [2.75, 3.05) is 18.4 Å². The van der Waals surface area contributed by atoms with Crippen LogP contribution in [0.5, 0.6) is 5.88 Å². The van der Waals surface area contributed by atoms with Gasteiger partial charge in [-0.1, -0.05) is 0 Å². The number of urea groups is 1. The smallest absolute Gasteiger partial charge is 0.322 e. The van der Waals surface area contributed by atoms with Crippen molar-refractivity contribution in [1.82, 2.24) is 9.88 Å². The van der Waals surface area contributed by atoms with E-state index in [4.69, 9.17) is 4.74 Å². The number of hydrogen-bond donors (Lipinski definition) is 1. The molecule has 0 spiro atoms. The number of amides is 2. The molecular formula is C17H25N3O4S. The summed E-state index contributed by atoms with van der Waals surface area (Å²) in [5.74, 6) is 0.373. The van der Waals surface area contributed by atoms with Crippen LogP contribution >= 0.6 is 0 Å². The summed E-state index contributed by atoms with van der Waals surface area (Å²) in [6.45, 7) is 6.38. The summed E-state index contributed by atoms with van der Waals surface area (Å²) in [4.78, 5) is 18.5. The van der Waals surface area contributed by atoms with Crippen molar-refractivity contribution in [3.8, 4) is 5.88 Å². The van der Waals surface area contributed by atoms with Gasteiger partial charge in [0.1, 0.15) is 5.69 Å². The minimum atomic E-state index is -3.09. The molecule has 3 heterocycles. The van der Waals surface area contributed by atoms with Crippen LogP contribution in [0, 0.1) is 6.92 Å². The number of fused-ring (bicyclic) bond motifs is 2. The van der Waals surface area contributed by atoms with E-state index in [0.717, 1.165) is 12.0 Å². The molecule has 2 aliphatic rings. The van der Waals surface area contributed by atoms with Crippen LogP contribution in [0.3, 0.4) is 0 Å². The number of ether oxygens (including phenoxy) is 1. The van der Waals surface area contributed by atoms with Gasteiger partial charge in [-0.3, -0.25) is 0 Å². The fourth-order valence-corrected chi connectivity index (χ4v) is 5.75. The molecule has 0 aromatic carbocycles. The van der Waals surface area contributed by atoms with Gasteiger partial charge in [0.2, 0.25) is 5.88 Å². The van der Waals surface area contributed by atoms with E-state index in [1.807, 2.05) is 26.8 Å². The molecule has 0 saturated carbocycles. The van der Waals surface area contributed by atoms with Crippen molar-refractivity contribution in [3.63, 3.8) is 0 Å². The predicted octanol–water partition coefficient (Wildman–Crippen LogP) is 2.36. The highest BCUT2D eigenvalue weighted by Crippen LogP contribution is 2.33. The van der Waals surface area contributed by atoms with Gasteiger partial charge in [0, 0.05) is 19.3 Å². The van der Waals surface area contributed by atoms with Gasteiger partial charge in [-0.05, 0) is 51.7 Å². The summed E-state index contributed by atoms with van der Waals surface area (Å²) in [5.41, 5.74) is 1.42. The highest BCUT2D eigenvalue weighted by Gasteiger charge is 2.44. The number of pyridine rings is 1. The Labute approximate surface area is 148 Å². The summed E-state index contributed by atoms with van der Waals surface area (Å²) in [7, 11) is -3.09. The molecule has 3 rings (SSSR count). The first-order valence-electron chi connectivity index (χ1n) is 8.69. The average molecular weight is 367 g/mol. The Morgan fingerprint density at radius 3 is 2.76 bits per heavy atom. The van der Waals surface area contributed by atoms with Crippen molar-refractivity contribution in [2.24, 2.45) is 0 Å². The second-order valence-electron chi connectivity index (χ2n) is 7.11. The molecular weight excluding hydrogens is 342 g/mol. The molecule has 7 nitrogen and oxygen atoms in total. The maximum Gasteiger partial charge on any atom is 0.322 e. The van der Waals surface area contributed by atoms with Crippen LogP contribution in [0.4, 0.5) is 10.5 Å². The standard InChI is InChI=1S/C17H25N3O4S/c1-11(2)24-16-15(8-12(3)9-18-16)19-17(21)20-7-6-13-4-5-14(10-20)25(13,22)23/h8-9,11,13-14H,4-7,10H2,1-3H3,(H,19,21). The lowest BCUT2D eigenvalue weighted by atomic mass is 10.1. The molecule has 2 amide bonds. The van der Waals surface area contributed by atoms with Crippen molar-refractivity contribution in [3.05, 3.63) is 17.8 Å². The molecule has 25 heavy (non-hydrogen) atoms. The lowest BCUT2D eigenvalue weighted by molar-refractivity contribution is 0.208. The predicted molar refractivity (Wildman–Crippen MR) is 95.7 cm³/mol. The van der Waals surface area contributed by atoms with E-state index in [9.17, 15) is 13.2 Å². The first kappa shape index (κ1) is 18.0. The normalized spacial score (nSPS) is 24.9. The van der Waals surface area contributed by atoms with Crippen molar-refractivity contribution in [2.45, 2.75) is 56.6 Å². The summed E-state index contributed by atoms with van der Waals surface area (Å²) in [5, 5.41) is 2.11. The third-order valence-electron chi connectivity index (χ3n) is 4.75. The van der Waals surface area contributed by atoms with E-state index in [1.54, 1.807) is 11.1 Å². The first-order chi connectivity index (χ1) is 11.8. The highest BCUT2D eigenvalue weighted by atomic mass is 32.2. The van der Waals surface area contributed by atoms with Gasteiger partial charge < -0.3 is 15.0 Å². The van der Waals surface area contributed by atoms with Gasteiger partial charge in [0.15, 0.2) is 9.84 Å². The number of aromatic nitrogens is 1. The number of carbonyl (C=O) groups excluding carboxylic acids is 1. The summed E-state index contributed by atoms with van der Waals surface area (Å²) < 4.78 is 30.4. The number of carbonyl (C=O) groups is 1. The third kappa shape index (κ3) is 3.73. The van der Waals surface area contributed by atoms with Crippen molar-refractivity contribution < 1.29 is 17.9 Å². The largest absolute Gasteiger partial charge is 0.473 e. The van der Waals surface area contributed by atoms with Crippen LogP contribution in [-0.2, 0) is 9.84 Å². The number of anilines is 1. The van der Waals surface area contributed by atoms with E-state index in [-0.39, 0.29) is 23.9 Å². The van der Waals surface area contributed by atoms with E-state index in [2.05, 4.69) is 10.3 Å². The maximum absolute atomic E-state index is 12.7. The van der Waals surface area contributed by atoms with E-state index < -0.39 is 15.1 Å². The third-order valence-corrected chi connectivity index (χ3v) is 7.46. The zero-order valence-electron chi connectivity index (χ0n) is 14.9. The van der Waals surface area contributed by atoms with Gasteiger partial charge in [-0.25, -0.2) is 18.2 Å². The van der Waals surface area contributed by atoms with Gasteiger partial charge in [-0.15, -0.1) is 0 Å². The van der Waals surface area contributed by atoms with E-state index in [0.29, 0.717) is 31.0 Å². The van der Waals surface area contributed by atoms with Crippen LogP contribution in [0.2, 0.25) is 0 Å². The lowest BCUT2D eigenvalue weighted by Gasteiger charge is -2.24. The monoisotopic (exact) mass is 367 g/mol. The summed E-state index contributed by atoms with van der Waals surface area (Å²) in [6, 6.07) is 1.51. The topological polar surface area (TPSA) is 88.6 Å². The molecule has 2 fully saturated rings. The average Bonchev–Trinajstić information content (AvgIpc) is 2.69. The highest BCUT2D eigenvalue weighted by molar-refractivity contribution is 7.93. The number of nitrogens with one attached hydrogen (secondary N) is 1. The molecule has 8 heteroatoms. The van der Waals surface area contributed by atoms with Crippen LogP contribution < -0.4 is 10.1 Å². The molecule has 2 aliphatic heterocycles. The minimum Gasteiger partial charge on any atom is -0.473 e. The molecule has 1 N–H and O–H groups in total. The first-order valence-corrected chi connectivity index (χ1v) is 10.3. The Kier molecular flexibility index (Phi) is 4.90. The Morgan fingerprint density at radius 1 is 1.32 bits per heavy atom. The zero-order chi connectivity index (χ0) is 18.2. The van der Waals surface area contributed by atoms with Crippen molar-refractivity contribution >= 4 is 21.6 Å². The van der Waals surface area contributed by atoms with Gasteiger partial charge in [0.05, 0.1) is 16.6 Å². The molecule has 138 valence electrons. The lowest BCUT2D eigenvalue weighted by Crippen LogP contribution is -2.40. The molecule has 0 radical (unpaired) electrons. The SMILES string of the molecule is Cc1cnc(OC(C)C)c(NC(=O)N2CCC3CCC(C2)S3(=O)=O)c1. The second-order valence-corrected chi connectivity index (χ2v) is 9.62. The Balaban J connectivity index is 1.76. The Morgan fingerprint density at radius 2 is 2.04 bits per heavy atom. The fraction of sp³-hybridized carbons (Fsp3) is 0.647. The minimum absolute atomic E-state index is 0.0649. The fourth-order valence-electron chi connectivity index (χ4n) is 3.46. The molecule has 2 atom stereocenters. The molecule has 1 aromatic heterocycles. The van der Waals surface area contributed by atoms with Gasteiger partial charge in [0.25, 0.3) is 0 Å². The van der Waals surface area contributed by atoms with Crippen LogP contribution in [-0.4, -0.2) is 54.0 Å². The molecule has 2 bridgehead atoms. The number of likely N-dealkylation sites (tertiary alicyclic amines) is 1. The number of aryl methyl sites for hydroxylation is 1.